The van der Waals surface area contributed by atoms with Crippen LogP contribution in [0.25, 0.3) is 11.2 Å². The number of methoxy groups -OCH3 is 1. The molecule has 0 saturated heterocycles. The van der Waals surface area contributed by atoms with Crippen LogP contribution in [0.4, 0.5) is 17.6 Å². The molecule has 0 bridgehead atoms. The van der Waals surface area contributed by atoms with Crippen LogP contribution in [0.5, 0.6) is 5.75 Å². The predicted octanol–water partition coefficient (Wildman–Crippen LogP) is 2.55. The van der Waals surface area contributed by atoms with E-state index in [-0.39, 0.29) is 0 Å². The first-order valence-corrected chi connectivity index (χ1v) is 8.42. The largest absolute Gasteiger partial charge is 0.497 e. The number of nitrogens with one attached hydrogen (secondary N) is 3. The lowest BCUT2D eigenvalue weighted by Gasteiger charge is -2.07. The fourth-order valence-corrected chi connectivity index (χ4v) is 2.63. The highest BCUT2D eigenvalue weighted by atomic mass is 16.5. The normalized spacial score (nSPS) is 10.7. The van der Waals surface area contributed by atoms with Crippen LogP contribution in [0.1, 0.15) is 5.56 Å². The smallest absolute Gasteiger partial charge is 0.208 e. The maximum absolute atomic E-state index is 5.18. The van der Waals surface area contributed by atoms with Gasteiger partial charge in [0, 0.05) is 12.7 Å². The van der Waals surface area contributed by atoms with E-state index in [4.69, 9.17) is 4.74 Å². The van der Waals surface area contributed by atoms with Crippen LogP contribution in [0, 0.1) is 0 Å². The number of fused-ring (bicyclic) bond motifs is 1. The molecule has 0 saturated carbocycles. The van der Waals surface area contributed by atoms with Crippen molar-refractivity contribution >= 4 is 28.7 Å². The first-order valence-electron chi connectivity index (χ1n) is 8.42. The van der Waals surface area contributed by atoms with Crippen LogP contribution >= 0.6 is 0 Å². The second-order valence-corrected chi connectivity index (χ2v) is 5.75. The molecule has 0 unspecified atom stereocenters. The number of aromatic amines is 1. The Labute approximate surface area is 155 Å². The highest BCUT2D eigenvalue weighted by Crippen LogP contribution is 2.20. The average Bonchev–Trinajstić information content (AvgIpc) is 3.12. The van der Waals surface area contributed by atoms with E-state index in [1.165, 1.54) is 18.2 Å². The summed E-state index contributed by atoms with van der Waals surface area (Å²) >= 11 is 0. The summed E-state index contributed by atoms with van der Waals surface area (Å²) in [5.41, 5.74) is 2.53. The van der Waals surface area contributed by atoms with Crippen LogP contribution < -0.4 is 15.4 Å². The molecule has 1 aromatic carbocycles. The number of H-pyrrole nitrogens is 1. The molecule has 27 heavy (non-hydrogen) atoms. The van der Waals surface area contributed by atoms with Crippen molar-refractivity contribution in [2.24, 2.45) is 0 Å². The molecule has 0 aliphatic rings. The van der Waals surface area contributed by atoms with Gasteiger partial charge >= 0.3 is 0 Å². The van der Waals surface area contributed by atoms with Crippen molar-refractivity contribution in [2.45, 2.75) is 6.42 Å². The summed E-state index contributed by atoms with van der Waals surface area (Å²) in [5, 5.41) is 6.42. The number of hydrogen-bond donors (Lipinski definition) is 3. The van der Waals surface area contributed by atoms with Gasteiger partial charge in [-0.3, -0.25) is 0 Å². The quantitative estimate of drug-likeness (QED) is 0.460. The summed E-state index contributed by atoms with van der Waals surface area (Å²) in [7, 11) is 1.66. The number of benzene rings is 1. The molecule has 0 fully saturated rings. The van der Waals surface area contributed by atoms with E-state index in [0.717, 1.165) is 24.2 Å². The lowest BCUT2D eigenvalue weighted by atomic mass is 10.1. The monoisotopic (exact) mass is 362 g/mol. The van der Waals surface area contributed by atoms with Crippen LogP contribution in [0.2, 0.25) is 0 Å². The number of nitrogens with zero attached hydrogens (tertiary/aromatic N) is 5. The Morgan fingerprint density at radius 2 is 1.93 bits per heavy atom. The summed E-state index contributed by atoms with van der Waals surface area (Å²) in [6, 6.07) is 9.77. The van der Waals surface area contributed by atoms with Gasteiger partial charge in [-0.2, -0.15) is 4.98 Å². The standard InChI is InChI=1S/C18H18N8O/c1-27-13-4-2-12(3-5-13)6-9-20-16-15-17(23-11-22-16)26-18(25-15)24-14-7-8-19-10-21-14/h2-5,7-8,10-11H,6,9H2,1H3,(H3,19,20,21,22,23,24,25,26). The van der Waals surface area contributed by atoms with Gasteiger partial charge in [-0.25, -0.2) is 19.9 Å². The zero-order valence-electron chi connectivity index (χ0n) is 14.7. The molecule has 4 aromatic rings. The number of hydrogen-bond acceptors (Lipinski definition) is 8. The van der Waals surface area contributed by atoms with E-state index in [0.29, 0.717) is 23.2 Å². The highest BCUT2D eigenvalue weighted by Gasteiger charge is 2.10. The molecule has 0 radical (unpaired) electrons. The van der Waals surface area contributed by atoms with Crippen molar-refractivity contribution in [3.8, 4) is 5.75 Å². The first kappa shape index (κ1) is 16.7. The van der Waals surface area contributed by atoms with E-state index in [1.807, 2.05) is 12.1 Å². The van der Waals surface area contributed by atoms with Gasteiger partial charge in [0.25, 0.3) is 0 Å². The molecule has 9 heteroatoms. The fraction of sp³-hybridized carbons (Fsp3) is 0.167. The van der Waals surface area contributed by atoms with Crippen molar-refractivity contribution in [3.63, 3.8) is 0 Å². The molecule has 136 valence electrons. The van der Waals surface area contributed by atoms with E-state index < -0.39 is 0 Å². The summed E-state index contributed by atoms with van der Waals surface area (Å²) in [5.74, 6) is 2.75. The van der Waals surface area contributed by atoms with E-state index >= 15 is 0 Å². The third-order valence-corrected chi connectivity index (χ3v) is 3.98. The van der Waals surface area contributed by atoms with Crippen LogP contribution in [-0.2, 0) is 6.42 Å². The van der Waals surface area contributed by atoms with Gasteiger partial charge in [0.05, 0.1) is 7.11 Å². The number of ether oxygens (including phenoxy) is 1. The number of aromatic nitrogens is 6. The highest BCUT2D eigenvalue weighted by molar-refractivity contribution is 5.84. The third kappa shape index (κ3) is 3.92. The maximum Gasteiger partial charge on any atom is 0.208 e. The number of imidazole rings is 1. The summed E-state index contributed by atoms with van der Waals surface area (Å²) in [6.07, 6.45) is 5.48. The molecule has 0 aliphatic carbocycles. The summed E-state index contributed by atoms with van der Waals surface area (Å²) < 4.78 is 5.18. The van der Waals surface area contributed by atoms with E-state index in [1.54, 1.807) is 19.4 Å². The minimum atomic E-state index is 0.544. The number of anilines is 3. The first-order chi connectivity index (χ1) is 13.3. The Bertz CT molecular complexity index is 1020. The van der Waals surface area contributed by atoms with Crippen LogP contribution in [0.15, 0.2) is 49.2 Å². The lowest BCUT2D eigenvalue weighted by molar-refractivity contribution is 0.414. The molecular weight excluding hydrogens is 344 g/mol. The molecule has 9 nitrogen and oxygen atoms in total. The Kier molecular flexibility index (Phi) is 4.73. The van der Waals surface area contributed by atoms with Crippen molar-refractivity contribution in [3.05, 3.63) is 54.7 Å². The van der Waals surface area contributed by atoms with E-state index in [9.17, 15) is 0 Å². The van der Waals surface area contributed by atoms with Crippen molar-refractivity contribution in [1.82, 2.24) is 29.9 Å². The predicted molar refractivity (Wildman–Crippen MR) is 102 cm³/mol. The second-order valence-electron chi connectivity index (χ2n) is 5.75. The van der Waals surface area contributed by atoms with Gasteiger partial charge in [-0.15, -0.1) is 0 Å². The minimum absolute atomic E-state index is 0.544. The minimum Gasteiger partial charge on any atom is -0.497 e. The molecule has 3 heterocycles. The maximum atomic E-state index is 5.18. The Balaban J connectivity index is 1.45. The molecule has 4 rings (SSSR count). The third-order valence-electron chi connectivity index (χ3n) is 3.98. The zero-order valence-corrected chi connectivity index (χ0v) is 14.7. The van der Waals surface area contributed by atoms with E-state index in [2.05, 4.69) is 52.7 Å². The summed E-state index contributed by atoms with van der Waals surface area (Å²) in [4.78, 5) is 24.2. The SMILES string of the molecule is COc1ccc(CCNc2ncnc3nc(Nc4ccncn4)[nH]c23)cc1. The topological polar surface area (TPSA) is 114 Å². The van der Waals surface area contributed by atoms with Gasteiger partial charge in [0.15, 0.2) is 11.5 Å². The molecule has 0 atom stereocenters. The Morgan fingerprint density at radius 1 is 1.04 bits per heavy atom. The van der Waals surface area contributed by atoms with Crippen molar-refractivity contribution in [1.29, 1.82) is 0 Å². The lowest BCUT2D eigenvalue weighted by Crippen LogP contribution is -2.07. The van der Waals surface area contributed by atoms with Crippen LogP contribution in [0.3, 0.4) is 0 Å². The second kappa shape index (κ2) is 7.65. The van der Waals surface area contributed by atoms with Gasteiger partial charge in [0.2, 0.25) is 5.95 Å². The number of rotatable bonds is 7. The fourth-order valence-electron chi connectivity index (χ4n) is 2.63. The summed E-state index contributed by atoms with van der Waals surface area (Å²) in [6.45, 7) is 0.728. The zero-order chi connectivity index (χ0) is 18.5. The molecule has 3 aromatic heterocycles. The average molecular weight is 362 g/mol. The van der Waals surface area contributed by atoms with Gasteiger partial charge in [-0.05, 0) is 30.2 Å². The Morgan fingerprint density at radius 3 is 2.70 bits per heavy atom. The van der Waals surface area contributed by atoms with Crippen molar-refractivity contribution in [2.75, 3.05) is 24.3 Å². The van der Waals surface area contributed by atoms with Crippen molar-refractivity contribution < 1.29 is 4.74 Å². The molecule has 3 N–H and O–H groups in total. The molecule has 0 aliphatic heterocycles. The van der Waals surface area contributed by atoms with Gasteiger partial charge in [0.1, 0.15) is 29.7 Å². The van der Waals surface area contributed by atoms with Crippen LogP contribution in [-0.4, -0.2) is 43.6 Å². The molecular formula is C18H18N8O. The Hall–Kier alpha value is -3.75. The van der Waals surface area contributed by atoms with Gasteiger partial charge in [-0.1, -0.05) is 12.1 Å². The van der Waals surface area contributed by atoms with Gasteiger partial charge < -0.3 is 20.4 Å². The molecule has 0 spiro atoms. The molecule has 0 amide bonds.